The summed E-state index contributed by atoms with van der Waals surface area (Å²) in [5.41, 5.74) is 44.5. The molecule has 0 saturated carbocycles. The topological polar surface area (TPSA) is 445 Å². The number of hydrogen-bond acceptors (Lipinski definition) is 12. The molecule has 0 heterocycles. The first kappa shape index (κ1) is 50.6. The lowest BCUT2D eigenvalue weighted by atomic mass is 10.0. The van der Waals surface area contributed by atoms with Crippen LogP contribution in [0.4, 0.5) is 0 Å². The zero-order valence-electron chi connectivity index (χ0n) is 32.5. The van der Waals surface area contributed by atoms with Gasteiger partial charge in [0.15, 0.2) is 17.9 Å². The van der Waals surface area contributed by atoms with E-state index >= 15 is 0 Å². The van der Waals surface area contributed by atoms with Crippen LogP contribution in [0.1, 0.15) is 50.5 Å². The SMILES string of the molecule is NC(=O)[C@H](Cc1ccccc1)NC(=O)[C@H](CCCN=C(N)N)NC(=O)[C@H](CCCN=C(N)N)NC(=O)[C@H](CS)NC(=O)[C@H](CC(=O)O)NC(=O)[C@@H](N)CCCN=C(N)N. The van der Waals surface area contributed by atoms with E-state index in [0.717, 1.165) is 0 Å². The number of hydrogen-bond donors (Lipinski definition) is 15. The first-order valence-electron chi connectivity index (χ1n) is 18.4. The van der Waals surface area contributed by atoms with Crippen molar-refractivity contribution in [3.63, 3.8) is 0 Å². The van der Waals surface area contributed by atoms with Crippen LogP contribution in [0.15, 0.2) is 45.3 Å². The van der Waals surface area contributed by atoms with Crippen molar-refractivity contribution >= 4 is 71.9 Å². The van der Waals surface area contributed by atoms with Gasteiger partial charge in [0.1, 0.15) is 30.2 Å². The lowest BCUT2D eigenvalue weighted by Gasteiger charge is -2.26. The zero-order valence-corrected chi connectivity index (χ0v) is 33.4. The fraction of sp³-hybridized carbons (Fsp3) is 0.529. The Morgan fingerprint density at radius 1 is 0.559 bits per heavy atom. The summed E-state index contributed by atoms with van der Waals surface area (Å²) in [6, 6.07) is 0.660. The van der Waals surface area contributed by atoms with Gasteiger partial charge < -0.3 is 77.6 Å². The second-order valence-corrected chi connectivity index (χ2v) is 13.5. The molecule has 0 spiro atoms. The van der Waals surface area contributed by atoms with Gasteiger partial charge in [-0.05, 0) is 44.1 Å². The normalized spacial score (nSPS) is 13.7. The Bertz CT molecular complexity index is 1650. The summed E-state index contributed by atoms with van der Waals surface area (Å²) in [6.45, 7) is 0.304. The van der Waals surface area contributed by atoms with Crippen molar-refractivity contribution in [3.8, 4) is 0 Å². The minimum Gasteiger partial charge on any atom is -0.481 e. The molecule has 59 heavy (non-hydrogen) atoms. The number of nitrogens with one attached hydrogen (secondary N) is 5. The molecule has 24 nitrogen and oxygen atoms in total. The van der Waals surface area contributed by atoms with Gasteiger partial charge in [-0.1, -0.05) is 30.3 Å². The Balaban J connectivity index is 3.27. The maximum Gasteiger partial charge on any atom is 0.305 e. The van der Waals surface area contributed by atoms with Gasteiger partial charge in [0.2, 0.25) is 35.4 Å². The summed E-state index contributed by atoms with van der Waals surface area (Å²) in [6.07, 6.45) is -0.179. The number of amides is 6. The number of rotatable bonds is 28. The molecule has 6 atom stereocenters. The van der Waals surface area contributed by atoms with Gasteiger partial charge in [0.05, 0.1) is 12.5 Å². The third-order valence-corrected chi connectivity index (χ3v) is 8.60. The number of carboxylic acids is 1. The number of carbonyl (C=O) groups is 7. The van der Waals surface area contributed by atoms with Crippen LogP contribution in [0.5, 0.6) is 0 Å². The summed E-state index contributed by atoms with van der Waals surface area (Å²) >= 11 is 4.15. The van der Waals surface area contributed by atoms with Crippen LogP contribution in [0, 0.1) is 0 Å². The van der Waals surface area contributed by atoms with Gasteiger partial charge in [-0.2, -0.15) is 12.6 Å². The number of thiol groups is 1. The van der Waals surface area contributed by atoms with E-state index in [1.54, 1.807) is 30.3 Å². The van der Waals surface area contributed by atoms with E-state index in [1.807, 2.05) is 0 Å². The van der Waals surface area contributed by atoms with Crippen molar-refractivity contribution in [1.82, 2.24) is 26.6 Å². The number of nitrogens with two attached hydrogens (primary N) is 8. The van der Waals surface area contributed by atoms with E-state index in [4.69, 9.17) is 45.9 Å². The maximum absolute atomic E-state index is 13.8. The van der Waals surface area contributed by atoms with Gasteiger partial charge >= 0.3 is 5.97 Å². The lowest BCUT2D eigenvalue weighted by Crippen LogP contribution is -2.60. The Morgan fingerprint density at radius 2 is 0.949 bits per heavy atom. The largest absolute Gasteiger partial charge is 0.481 e. The van der Waals surface area contributed by atoms with Gasteiger partial charge in [-0.25, -0.2) is 0 Å². The lowest BCUT2D eigenvalue weighted by molar-refractivity contribution is -0.141. The van der Waals surface area contributed by atoms with E-state index in [2.05, 4.69) is 54.2 Å². The second-order valence-electron chi connectivity index (χ2n) is 13.1. The molecule has 0 aliphatic rings. The molecule has 0 fully saturated rings. The molecule has 1 aromatic rings. The smallest absolute Gasteiger partial charge is 0.305 e. The fourth-order valence-electron chi connectivity index (χ4n) is 5.21. The molecule has 328 valence electrons. The summed E-state index contributed by atoms with van der Waals surface area (Å²) < 4.78 is 0. The van der Waals surface area contributed by atoms with Crippen LogP contribution >= 0.6 is 12.6 Å². The first-order valence-corrected chi connectivity index (χ1v) is 19.1. The van der Waals surface area contributed by atoms with Crippen molar-refractivity contribution in [2.24, 2.45) is 60.8 Å². The fourth-order valence-corrected chi connectivity index (χ4v) is 5.47. The highest BCUT2D eigenvalue weighted by Crippen LogP contribution is 2.08. The quantitative estimate of drug-likeness (QED) is 0.0162. The van der Waals surface area contributed by atoms with Gasteiger partial charge in [0.25, 0.3) is 0 Å². The molecule has 0 aliphatic heterocycles. The molecule has 0 aliphatic carbocycles. The number of benzene rings is 1. The van der Waals surface area contributed by atoms with Gasteiger partial charge in [-0.15, -0.1) is 0 Å². The minimum atomic E-state index is -1.66. The van der Waals surface area contributed by atoms with E-state index in [1.165, 1.54) is 0 Å². The molecule has 1 rings (SSSR count). The molecule has 25 heteroatoms. The number of guanidine groups is 3. The van der Waals surface area contributed by atoms with E-state index in [9.17, 15) is 38.7 Å². The van der Waals surface area contributed by atoms with E-state index < -0.39 is 84.1 Å². The highest BCUT2D eigenvalue weighted by molar-refractivity contribution is 7.80. The molecule has 0 unspecified atom stereocenters. The highest BCUT2D eigenvalue weighted by Gasteiger charge is 2.33. The van der Waals surface area contributed by atoms with Crippen molar-refractivity contribution in [2.75, 3.05) is 25.4 Å². The van der Waals surface area contributed by atoms with Gasteiger partial charge in [0, 0.05) is 31.8 Å². The van der Waals surface area contributed by atoms with Crippen molar-refractivity contribution < 1.29 is 38.7 Å². The average Bonchev–Trinajstić information content (AvgIpc) is 3.16. The Morgan fingerprint density at radius 3 is 1.37 bits per heavy atom. The van der Waals surface area contributed by atoms with Crippen LogP contribution in [-0.2, 0) is 40.0 Å². The number of nitrogens with zero attached hydrogens (tertiary/aromatic N) is 3. The average molecular weight is 851 g/mol. The standard InChI is InChI=1S/C34H58N16O8S/c35-19(9-4-12-43-32(37)38)27(54)49-23(16-25(51)52)30(57)50-24(17-59)31(58)47-20(10-5-13-44-33(39)40)28(55)46-21(11-6-14-45-34(41)42)29(56)48-22(26(36)53)15-18-7-2-1-3-8-18/h1-3,7-8,19-24,59H,4-6,9-17,35H2,(H2,36,53)(H,46,55)(H,47,58)(H,48,56)(H,49,54)(H,50,57)(H,51,52)(H4,37,38,43)(H4,39,40,44)(H4,41,42,45)/t19-,20-,21-,22-,23-,24-/m0/s1. The predicted molar refractivity (Wildman–Crippen MR) is 223 cm³/mol. The van der Waals surface area contributed by atoms with Crippen LogP contribution in [0.3, 0.4) is 0 Å². The number of aliphatic imine (C=N–C) groups is 3. The number of primary amides is 1. The van der Waals surface area contributed by atoms with Crippen molar-refractivity contribution in [3.05, 3.63) is 35.9 Å². The summed E-state index contributed by atoms with van der Waals surface area (Å²) in [5, 5.41) is 21.7. The van der Waals surface area contributed by atoms with E-state index in [-0.39, 0.29) is 81.8 Å². The van der Waals surface area contributed by atoms with Gasteiger partial charge in [-0.3, -0.25) is 48.5 Å². The summed E-state index contributed by atoms with van der Waals surface area (Å²) in [5.74, 6) is -7.65. The van der Waals surface area contributed by atoms with Crippen LogP contribution in [-0.4, -0.2) is 126 Å². The van der Waals surface area contributed by atoms with Crippen LogP contribution in [0.2, 0.25) is 0 Å². The number of carbonyl (C=O) groups excluding carboxylic acids is 6. The molecule has 22 N–H and O–H groups in total. The monoisotopic (exact) mass is 850 g/mol. The van der Waals surface area contributed by atoms with Crippen molar-refractivity contribution in [2.45, 2.75) is 87.6 Å². The number of aliphatic carboxylic acids is 1. The Kier molecular flexibility index (Phi) is 23.4. The molecular weight excluding hydrogens is 793 g/mol. The zero-order chi connectivity index (χ0) is 44.5. The first-order chi connectivity index (χ1) is 27.8. The third kappa shape index (κ3) is 21.7. The molecule has 0 bridgehead atoms. The van der Waals surface area contributed by atoms with Crippen molar-refractivity contribution in [1.29, 1.82) is 0 Å². The molecule has 0 aromatic heterocycles. The molecule has 0 saturated heterocycles. The predicted octanol–water partition coefficient (Wildman–Crippen LogP) is -5.97. The van der Waals surface area contributed by atoms with E-state index in [0.29, 0.717) is 12.0 Å². The van der Waals surface area contributed by atoms with Crippen LogP contribution < -0.4 is 72.5 Å². The highest BCUT2D eigenvalue weighted by atomic mass is 32.1. The summed E-state index contributed by atoms with van der Waals surface area (Å²) in [4.78, 5) is 103. The second kappa shape index (κ2) is 27.3. The summed E-state index contributed by atoms with van der Waals surface area (Å²) in [7, 11) is 0. The number of carboxylic acid groups (broad SMARTS) is 1. The molecule has 1 aromatic carbocycles. The Hall–Kier alpha value is -6.37. The third-order valence-electron chi connectivity index (χ3n) is 8.23. The molecule has 0 radical (unpaired) electrons. The molecular formula is C34H58N16O8S. The molecule has 6 amide bonds. The Labute approximate surface area is 346 Å². The maximum atomic E-state index is 13.8. The van der Waals surface area contributed by atoms with Crippen LogP contribution in [0.25, 0.3) is 0 Å². The minimum absolute atomic E-state index is 0.0221.